The summed E-state index contributed by atoms with van der Waals surface area (Å²) < 4.78 is 23.1. The van der Waals surface area contributed by atoms with Gasteiger partial charge in [-0.1, -0.05) is 30.7 Å². The first-order valence-corrected chi connectivity index (χ1v) is 11.4. The van der Waals surface area contributed by atoms with Gasteiger partial charge in [-0.3, -0.25) is 4.79 Å². The number of sulfone groups is 1. The molecule has 1 N–H and O–H groups in total. The molecular formula is C19H22ClNO3S2. The Kier molecular flexibility index (Phi) is 7.15. The van der Waals surface area contributed by atoms with Crippen LogP contribution in [0.15, 0.2) is 58.3 Å². The molecule has 4 nitrogen and oxygen atoms in total. The Balaban J connectivity index is 2.04. The molecule has 0 fully saturated rings. The third-order valence-electron chi connectivity index (χ3n) is 3.93. The van der Waals surface area contributed by atoms with Crippen LogP contribution in [0.25, 0.3) is 0 Å². The summed E-state index contributed by atoms with van der Waals surface area (Å²) in [4.78, 5) is 13.8. The molecule has 0 aliphatic carbocycles. The van der Waals surface area contributed by atoms with Gasteiger partial charge in [-0.2, -0.15) is 0 Å². The maximum absolute atomic E-state index is 12.5. The van der Waals surface area contributed by atoms with Crippen LogP contribution in [0.5, 0.6) is 0 Å². The van der Waals surface area contributed by atoms with Gasteiger partial charge in [-0.25, -0.2) is 8.42 Å². The maximum Gasteiger partial charge on any atom is 0.233 e. The van der Waals surface area contributed by atoms with Gasteiger partial charge >= 0.3 is 0 Å². The number of thioether (sulfide) groups is 1. The number of amides is 1. The van der Waals surface area contributed by atoms with Gasteiger partial charge in [-0.05, 0) is 55.3 Å². The molecule has 2 atom stereocenters. The maximum atomic E-state index is 12.5. The minimum Gasteiger partial charge on any atom is -0.348 e. The van der Waals surface area contributed by atoms with Crippen LogP contribution in [0.2, 0.25) is 5.02 Å². The minimum atomic E-state index is -3.23. The van der Waals surface area contributed by atoms with Crippen molar-refractivity contribution < 1.29 is 13.2 Å². The average molecular weight is 412 g/mol. The van der Waals surface area contributed by atoms with E-state index in [0.29, 0.717) is 11.4 Å². The number of rotatable bonds is 7. The van der Waals surface area contributed by atoms with E-state index in [4.69, 9.17) is 11.6 Å². The van der Waals surface area contributed by atoms with Crippen molar-refractivity contribution in [3.05, 3.63) is 59.1 Å². The highest BCUT2D eigenvalue weighted by molar-refractivity contribution is 8.00. The fourth-order valence-electron chi connectivity index (χ4n) is 2.43. The predicted octanol–water partition coefficient (Wildman–Crippen LogP) is 4.49. The Labute approximate surface area is 164 Å². The third kappa shape index (κ3) is 5.76. The quantitative estimate of drug-likeness (QED) is 0.681. The highest BCUT2D eigenvalue weighted by atomic mass is 35.5. The van der Waals surface area contributed by atoms with Crippen LogP contribution in [-0.4, -0.2) is 25.8 Å². The van der Waals surface area contributed by atoms with E-state index in [-0.39, 0.29) is 22.1 Å². The summed E-state index contributed by atoms with van der Waals surface area (Å²) in [6.45, 7) is 3.83. The average Bonchev–Trinajstić information content (AvgIpc) is 2.60. The summed E-state index contributed by atoms with van der Waals surface area (Å²) in [6, 6.07) is 13.9. The van der Waals surface area contributed by atoms with Gasteiger partial charge in [0, 0.05) is 16.2 Å². The van der Waals surface area contributed by atoms with E-state index < -0.39 is 9.84 Å². The molecule has 26 heavy (non-hydrogen) atoms. The van der Waals surface area contributed by atoms with Crippen molar-refractivity contribution in [2.24, 2.45) is 0 Å². The number of hydrogen-bond acceptors (Lipinski definition) is 4. The lowest BCUT2D eigenvalue weighted by atomic mass is 10.0. The van der Waals surface area contributed by atoms with E-state index in [9.17, 15) is 13.2 Å². The van der Waals surface area contributed by atoms with Gasteiger partial charge in [-0.15, -0.1) is 11.8 Å². The summed E-state index contributed by atoms with van der Waals surface area (Å²) in [7, 11) is -3.23. The van der Waals surface area contributed by atoms with E-state index >= 15 is 0 Å². The summed E-state index contributed by atoms with van der Waals surface area (Å²) in [5.74, 6) is -0.0658. The van der Waals surface area contributed by atoms with Crippen molar-refractivity contribution in [2.45, 2.75) is 41.4 Å². The Hall–Kier alpha value is -1.50. The molecule has 0 saturated carbocycles. The number of hydrogen-bond donors (Lipinski definition) is 1. The van der Waals surface area contributed by atoms with Crippen molar-refractivity contribution in [1.82, 2.24) is 5.32 Å². The fraction of sp³-hybridized carbons (Fsp3) is 0.316. The Morgan fingerprint density at radius 2 is 1.69 bits per heavy atom. The van der Waals surface area contributed by atoms with Crippen LogP contribution in [0, 0.1) is 0 Å². The molecule has 0 aromatic heterocycles. The Morgan fingerprint density at radius 3 is 2.19 bits per heavy atom. The SMILES string of the molecule is CC[C@@H](NC(=O)[C@@H](C)Sc1ccc(Cl)cc1)c1ccc(S(C)(=O)=O)cc1. The van der Waals surface area contributed by atoms with Gasteiger partial charge in [0.25, 0.3) is 0 Å². The Morgan fingerprint density at radius 1 is 1.12 bits per heavy atom. The highest BCUT2D eigenvalue weighted by Crippen LogP contribution is 2.26. The van der Waals surface area contributed by atoms with E-state index in [1.54, 1.807) is 36.4 Å². The van der Waals surface area contributed by atoms with Crippen molar-refractivity contribution in [3.8, 4) is 0 Å². The van der Waals surface area contributed by atoms with Gasteiger partial charge in [0.15, 0.2) is 9.84 Å². The van der Waals surface area contributed by atoms with Crippen LogP contribution in [0.4, 0.5) is 0 Å². The lowest BCUT2D eigenvalue weighted by molar-refractivity contribution is -0.121. The second-order valence-electron chi connectivity index (χ2n) is 6.02. The number of carbonyl (C=O) groups is 1. The van der Waals surface area contributed by atoms with Crippen molar-refractivity contribution in [1.29, 1.82) is 0 Å². The minimum absolute atomic E-state index is 0.0658. The zero-order chi connectivity index (χ0) is 19.3. The van der Waals surface area contributed by atoms with Crippen LogP contribution >= 0.6 is 23.4 Å². The first-order chi connectivity index (χ1) is 12.2. The van der Waals surface area contributed by atoms with Crippen molar-refractivity contribution in [3.63, 3.8) is 0 Å². The topological polar surface area (TPSA) is 63.2 Å². The zero-order valence-corrected chi connectivity index (χ0v) is 17.3. The van der Waals surface area contributed by atoms with Crippen molar-refractivity contribution >= 4 is 39.1 Å². The van der Waals surface area contributed by atoms with Crippen LogP contribution in [0.3, 0.4) is 0 Å². The van der Waals surface area contributed by atoms with Crippen LogP contribution in [0.1, 0.15) is 31.9 Å². The standard InChI is InChI=1S/C19H22ClNO3S2/c1-4-18(14-5-11-17(12-6-14)26(3,23)24)21-19(22)13(2)25-16-9-7-15(20)8-10-16/h5-13,18H,4H2,1-3H3,(H,21,22)/t13-,18-/m1/s1. The van der Waals surface area contributed by atoms with Crippen molar-refractivity contribution in [2.75, 3.05) is 6.26 Å². The van der Waals surface area contributed by atoms with Gasteiger partial charge in [0.05, 0.1) is 16.2 Å². The first-order valence-electron chi connectivity index (χ1n) is 8.23. The fourth-order valence-corrected chi connectivity index (χ4v) is 4.06. The third-order valence-corrected chi connectivity index (χ3v) is 6.42. The summed E-state index contributed by atoms with van der Waals surface area (Å²) in [6.07, 6.45) is 1.89. The lowest BCUT2D eigenvalue weighted by Crippen LogP contribution is -2.34. The van der Waals surface area contributed by atoms with Gasteiger partial charge in [0.1, 0.15) is 0 Å². The van der Waals surface area contributed by atoms with Crippen LogP contribution < -0.4 is 5.32 Å². The first kappa shape index (κ1) is 20.8. The molecule has 2 aromatic carbocycles. The molecule has 0 aliphatic rings. The van der Waals surface area contributed by atoms with E-state index in [1.165, 1.54) is 18.0 Å². The van der Waals surface area contributed by atoms with Crippen LogP contribution in [-0.2, 0) is 14.6 Å². The van der Waals surface area contributed by atoms with Gasteiger partial charge < -0.3 is 5.32 Å². The summed E-state index contributed by atoms with van der Waals surface area (Å²) >= 11 is 7.34. The summed E-state index contributed by atoms with van der Waals surface area (Å²) in [5, 5.41) is 3.44. The van der Waals surface area contributed by atoms with Gasteiger partial charge in [0.2, 0.25) is 5.91 Å². The molecule has 0 unspecified atom stereocenters. The molecular weight excluding hydrogens is 390 g/mol. The largest absolute Gasteiger partial charge is 0.348 e. The molecule has 0 aliphatic heterocycles. The molecule has 1 amide bonds. The van der Waals surface area contributed by atoms with E-state index in [0.717, 1.165) is 10.5 Å². The summed E-state index contributed by atoms with van der Waals surface area (Å²) in [5.41, 5.74) is 0.886. The number of benzene rings is 2. The molecule has 0 bridgehead atoms. The zero-order valence-electron chi connectivity index (χ0n) is 14.9. The molecule has 140 valence electrons. The second-order valence-corrected chi connectivity index (χ2v) is 9.89. The predicted molar refractivity (Wildman–Crippen MR) is 107 cm³/mol. The molecule has 0 heterocycles. The molecule has 0 saturated heterocycles. The molecule has 2 aromatic rings. The highest BCUT2D eigenvalue weighted by Gasteiger charge is 2.19. The normalized spacial score (nSPS) is 13.8. The lowest BCUT2D eigenvalue weighted by Gasteiger charge is -2.20. The number of nitrogens with one attached hydrogen (secondary N) is 1. The molecule has 2 rings (SSSR count). The monoisotopic (exact) mass is 411 g/mol. The smallest absolute Gasteiger partial charge is 0.233 e. The van der Waals surface area contributed by atoms with E-state index in [1.807, 2.05) is 26.0 Å². The number of carbonyl (C=O) groups excluding carboxylic acids is 1. The molecule has 7 heteroatoms. The Bertz CT molecular complexity index is 849. The molecule has 0 radical (unpaired) electrons. The second kappa shape index (κ2) is 8.93. The number of halogens is 1. The van der Waals surface area contributed by atoms with E-state index in [2.05, 4.69) is 5.32 Å². The molecule has 0 spiro atoms.